The molecule has 476 valence electrons. The number of esters is 1. The number of benzene rings is 2. The minimum Gasteiger partial charge on any atom is -0.420 e. The van der Waals surface area contributed by atoms with Crippen LogP contribution in [0.1, 0.15) is 53.2 Å². The van der Waals surface area contributed by atoms with Gasteiger partial charge in [0.05, 0.1) is 156 Å². The molecule has 0 saturated carbocycles. The number of hydrogen-bond acceptors (Lipinski definition) is 22. The Balaban J connectivity index is 0.745. The Kier molecular flexibility index (Phi) is 32.7. The first kappa shape index (κ1) is 70.5. The van der Waals surface area contributed by atoms with Gasteiger partial charge >= 0.3 is 16.1 Å². The van der Waals surface area contributed by atoms with E-state index in [-0.39, 0.29) is 51.3 Å². The van der Waals surface area contributed by atoms with Crippen molar-refractivity contribution in [2.45, 2.75) is 44.6 Å². The fourth-order valence-corrected chi connectivity index (χ4v) is 9.81. The van der Waals surface area contributed by atoms with Gasteiger partial charge in [-0.2, -0.15) is 17.2 Å². The molecule has 24 nitrogen and oxygen atoms in total. The third-order valence-electron chi connectivity index (χ3n) is 12.2. The van der Waals surface area contributed by atoms with Gasteiger partial charge in [-0.05, 0) is 43.7 Å². The molecule has 1 aromatic heterocycles. The van der Waals surface area contributed by atoms with E-state index in [1.807, 2.05) is 44.2 Å². The summed E-state index contributed by atoms with van der Waals surface area (Å²) < 4.78 is 145. The number of halogens is 4. The van der Waals surface area contributed by atoms with E-state index in [0.29, 0.717) is 136 Å². The maximum absolute atomic E-state index is 14.0. The van der Waals surface area contributed by atoms with Crippen molar-refractivity contribution in [3.8, 4) is 5.75 Å². The van der Waals surface area contributed by atoms with E-state index in [1.54, 1.807) is 11.3 Å². The molecule has 3 heterocycles. The smallest absolute Gasteiger partial charge is 0.313 e. The lowest BCUT2D eigenvalue weighted by Gasteiger charge is -2.36. The van der Waals surface area contributed by atoms with Crippen molar-refractivity contribution in [3.63, 3.8) is 0 Å². The molecule has 5 rings (SSSR count). The van der Waals surface area contributed by atoms with Gasteiger partial charge in [0.1, 0.15) is 5.84 Å². The average molecular weight is 1250 g/mol. The van der Waals surface area contributed by atoms with Gasteiger partial charge in [0, 0.05) is 73.9 Å². The zero-order valence-electron chi connectivity index (χ0n) is 48.0. The minimum atomic E-state index is -5.65. The second-order valence-electron chi connectivity index (χ2n) is 18.5. The number of piperazine rings is 1. The molecule has 2 amide bonds. The van der Waals surface area contributed by atoms with E-state index in [9.17, 15) is 40.4 Å². The van der Waals surface area contributed by atoms with Gasteiger partial charge in [-0.15, -0.1) is 11.3 Å². The first-order valence-electron chi connectivity index (χ1n) is 27.9. The lowest BCUT2D eigenvalue weighted by molar-refractivity contribution is -0.180. The molecule has 85 heavy (non-hydrogen) atoms. The molecular weight excluding hydrogens is 1170 g/mol. The van der Waals surface area contributed by atoms with Gasteiger partial charge in [0.2, 0.25) is 17.4 Å². The number of carbonyl (C=O) groups excluding carboxylic acids is 3. The van der Waals surface area contributed by atoms with E-state index in [4.69, 9.17) is 62.5 Å². The maximum Gasteiger partial charge on any atom is 0.313 e. The highest BCUT2D eigenvalue weighted by Gasteiger charge is 2.34. The van der Waals surface area contributed by atoms with Gasteiger partial charge in [-0.25, -0.2) is 18.8 Å². The van der Waals surface area contributed by atoms with Gasteiger partial charge in [0.25, 0.3) is 11.8 Å². The number of nitrogens with zero attached hydrogens (tertiary/aromatic N) is 4. The monoisotopic (exact) mass is 1250 g/mol. The summed E-state index contributed by atoms with van der Waals surface area (Å²) in [6, 6.07) is 9.72. The molecular formula is C55H78F4N6O18S2. The van der Waals surface area contributed by atoms with Crippen molar-refractivity contribution < 1.29 is 102 Å². The standard InChI is InChI=1S/C55H78F4N6O18S2/c1-3-10-65(82-4-2)55(68)41-36-45-44(62-46(60)37-41)38-43(84-45)39-63-11-13-64(14-12-63)42-7-5-6-40(35-42)54(67)61-9-16-73-18-20-75-22-24-77-26-28-79-30-32-81-34-33-80-31-29-78-27-25-76-23-21-74-19-17-72-15-8-47(66)83-52-48(56)50(58)53(85(69,70)71)51(59)49(52)57/h5-7,35-36,38H,3-4,8-34,37,39H2,1-2H3,(H2,60,62)(H,61,67)(H,69,70,71). The van der Waals surface area contributed by atoms with Crippen LogP contribution in [0.3, 0.4) is 0 Å². The largest absolute Gasteiger partial charge is 0.420 e. The summed E-state index contributed by atoms with van der Waals surface area (Å²) in [5.41, 5.74) is 9.19. The normalized spacial score (nSPS) is 13.8. The van der Waals surface area contributed by atoms with Gasteiger partial charge in [0.15, 0.2) is 16.5 Å². The lowest BCUT2D eigenvalue weighted by Crippen LogP contribution is -2.45. The van der Waals surface area contributed by atoms with Crippen LogP contribution in [0.2, 0.25) is 0 Å². The van der Waals surface area contributed by atoms with E-state index in [0.717, 1.165) is 60.3 Å². The predicted octanol–water partition coefficient (Wildman–Crippen LogP) is 4.73. The molecule has 0 bridgehead atoms. The third kappa shape index (κ3) is 25.5. The van der Waals surface area contributed by atoms with E-state index in [1.165, 1.54) is 5.06 Å². The highest BCUT2D eigenvalue weighted by Crippen LogP contribution is 2.36. The summed E-state index contributed by atoms with van der Waals surface area (Å²) >= 11 is 1.63. The number of hydroxylamine groups is 2. The van der Waals surface area contributed by atoms with Crippen LogP contribution in [-0.4, -0.2) is 225 Å². The Morgan fingerprint density at radius 3 is 1.67 bits per heavy atom. The van der Waals surface area contributed by atoms with Gasteiger partial charge in [-0.1, -0.05) is 13.0 Å². The first-order valence-corrected chi connectivity index (χ1v) is 30.1. The van der Waals surface area contributed by atoms with Crippen LogP contribution in [0.5, 0.6) is 5.75 Å². The molecule has 2 aliphatic rings. The number of thiophene rings is 1. The summed E-state index contributed by atoms with van der Waals surface area (Å²) in [6.07, 6.45) is 2.37. The van der Waals surface area contributed by atoms with Crippen molar-refractivity contribution >= 4 is 62.5 Å². The van der Waals surface area contributed by atoms with E-state index >= 15 is 0 Å². The summed E-state index contributed by atoms with van der Waals surface area (Å²) in [4.78, 5) is 52.9. The number of amidine groups is 1. The predicted molar refractivity (Wildman–Crippen MR) is 303 cm³/mol. The Bertz CT molecular complexity index is 2670. The van der Waals surface area contributed by atoms with Crippen LogP contribution in [-0.2, 0) is 78.5 Å². The molecule has 1 fully saturated rings. The number of ether oxygens (including phenoxy) is 11. The van der Waals surface area contributed by atoms with Crippen molar-refractivity contribution in [1.29, 1.82) is 0 Å². The summed E-state index contributed by atoms with van der Waals surface area (Å²) in [6.45, 7) is 15.2. The van der Waals surface area contributed by atoms with Crippen LogP contribution in [0, 0.1) is 23.3 Å². The summed E-state index contributed by atoms with van der Waals surface area (Å²) in [5, 5.41) is 4.35. The highest BCUT2D eigenvalue weighted by atomic mass is 32.2. The molecule has 0 atom stereocenters. The van der Waals surface area contributed by atoms with E-state index < -0.39 is 56.4 Å². The zero-order valence-corrected chi connectivity index (χ0v) is 49.6. The molecule has 2 aromatic carbocycles. The topological polar surface area (TPSA) is 276 Å². The minimum absolute atomic E-state index is 0.0181. The Labute approximate surface area is 496 Å². The van der Waals surface area contributed by atoms with Gasteiger partial charge in [-0.3, -0.25) is 28.7 Å². The quantitative estimate of drug-likeness (QED) is 0.0131. The first-order chi connectivity index (χ1) is 41.1. The van der Waals surface area contributed by atoms with Crippen molar-refractivity contribution in [1.82, 2.24) is 15.3 Å². The molecule has 0 unspecified atom stereocenters. The number of aliphatic imine (C=N–C) groups is 1. The highest BCUT2D eigenvalue weighted by molar-refractivity contribution is 7.85. The number of amides is 2. The maximum atomic E-state index is 14.0. The number of fused-ring (bicyclic) bond motifs is 1. The number of nitrogens with one attached hydrogen (secondary N) is 1. The lowest BCUT2D eigenvalue weighted by atomic mass is 10.1. The van der Waals surface area contributed by atoms with Crippen LogP contribution in [0.25, 0.3) is 6.08 Å². The molecule has 3 aromatic rings. The molecule has 0 spiro atoms. The third-order valence-corrected chi connectivity index (χ3v) is 14.1. The van der Waals surface area contributed by atoms with Crippen LogP contribution < -0.4 is 20.7 Å². The van der Waals surface area contributed by atoms with Crippen molar-refractivity contribution in [3.05, 3.63) is 74.5 Å². The number of nitrogens with two attached hydrogens (primary N) is 1. The molecule has 1 saturated heterocycles. The second kappa shape index (κ2) is 39.5. The summed E-state index contributed by atoms with van der Waals surface area (Å²) in [7, 11) is -5.65. The Morgan fingerprint density at radius 2 is 1.19 bits per heavy atom. The van der Waals surface area contributed by atoms with E-state index in [2.05, 4.69) is 30.9 Å². The molecule has 4 N–H and O–H groups in total. The van der Waals surface area contributed by atoms with Crippen molar-refractivity contribution in [2.75, 3.05) is 183 Å². The summed E-state index contributed by atoms with van der Waals surface area (Å²) in [5.74, 6) is -12.6. The molecule has 0 aliphatic carbocycles. The second-order valence-corrected chi connectivity index (χ2v) is 21.1. The van der Waals surface area contributed by atoms with Gasteiger partial charge < -0.3 is 68.1 Å². The number of carbonyl (C=O) groups is 3. The fourth-order valence-electron chi connectivity index (χ4n) is 8.07. The zero-order chi connectivity index (χ0) is 61.2. The number of hydrogen-bond donors (Lipinski definition) is 3. The Morgan fingerprint density at radius 1 is 0.694 bits per heavy atom. The molecule has 0 radical (unpaired) electrons. The van der Waals surface area contributed by atoms with Crippen LogP contribution >= 0.6 is 11.3 Å². The van der Waals surface area contributed by atoms with Crippen LogP contribution in [0.4, 0.5) is 28.9 Å². The average Bonchev–Trinajstić information content (AvgIpc) is 2.52. The van der Waals surface area contributed by atoms with Crippen LogP contribution in [0.15, 0.2) is 45.8 Å². The van der Waals surface area contributed by atoms with Crippen molar-refractivity contribution in [2.24, 2.45) is 10.7 Å². The fraction of sp³-hybridized carbons (Fsp3) is 0.600. The Hall–Kier alpha value is -5.29. The number of rotatable bonds is 44. The SMILES string of the molecule is CCCN(OCC)C(=O)C1=Cc2sc(CN3CCN(c4cccc(C(=O)NCCOCCOCCOCCOCCOCCOCCOCCOCCOCCOCCC(=O)Oc5c(F)c(F)c(S(=O)(=O)O)c(F)c5F)c4)CC3)cc2N=C(N)C1. The molecule has 2 aliphatic heterocycles. The number of anilines is 1. The molecule has 30 heteroatoms.